The molecule has 1 unspecified atom stereocenters. The Kier molecular flexibility index (Phi) is 5.33. The average Bonchev–Trinajstić information content (AvgIpc) is 2.50. The van der Waals surface area contributed by atoms with E-state index in [0.717, 1.165) is 5.56 Å². The minimum atomic E-state index is -0.378. The number of amides is 2. The molecular formula is C16H23N3O2. The molecule has 114 valence electrons. The lowest BCUT2D eigenvalue weighted by Crippen LogP contribution is -2.52. The lowest BCUT2D eigenvalue weighted by molar-refractivity contribution is -0.139. The summed E-state index contributed by atoms with van der Waals surface area (Å²) in [6.07, 6.45) is 0. The van der Waals surface area contributed by atoms with Crippen molar-refractivity contribution in [3.8, 4) is 0 Å². The van der Waals surface area contributed by atoms with Crippen molar-refractivity contribution in [3.63, 3.8) is 0 Å². The van der Waals surface area contributed by atoms with E-state index in [1.807, 2.05) is 54.0 Å². The van der Waals surface area contributed by atoms with Gasteiger partial charge in [-0.1, -0.05) is 30.3 Å². The van der Waals surface area contributed by atoms with Crippen molar-refractivity contribution >= 4 is 11.8 Å². The Hall–Kier alpha value is -1.88. The molecule has 5 nitrogen and oxygen atoms in total. The number of carbonyl (C=O) groups is 2. The Morgan fingerprint density at radius 2 is 1.95 bits per heavy atom. The molecule has 0 aromatic heterocycles. The van der Waals surface area contributed by atoms with E-state index in [0.29, 0.717) is 26.2 Å². The van der Waals surface area contributed by atoms with Crippen molar-refractivity contribution in [2.75, 3.05) is 32.7 Å². The number of piperazine rings is 1. The number of benzene rings is 1. The van der Waals surface area contributed by atoms with Crippen LogP contribution in [0.15, 0.2) is 30.3 Å². The number of hydrogen-bond acceptors (Lipinski definition) is 3. The highest BCUT2D eigenvalue weighted by Crippen LogP contribution is 2.23. The molecule has 1 aliphatic rings. The van der Waals surface area contributed by atoms with Gasteiger partial charge in [0.1, 0.15) is 6.04 Å². The first-order chi connectivity index (χ1) is 10.2. The first-order valence-electron chi connectivity index (χ1n) is 7.51. The second kappa shape index (κ2) is 7.22. The van der Waals surface area contributed by atoms with E-state index in [-0.39, 0.29) is 24.4 Å². The van der Waals surface area contributed by atoms with E-state index in [9.17, 15) is 9.59 Å². The monoisotopic (exact) mass is 289 g/mol. The first-order valence-corrected chi connectivity index (χ1v) is 7.51. The summed E-state index contributed by atoms with van der Waals surface area (Å²) < 4.78 is 0. The van der Waals surface area contributed by atoms with Crippen LogP contribution >= 0.6 is 0 Å². The molecule has 1 atom stereocenters. The maximum Gasteiger partial charge on any atom is 0.244 e. The summed E-state index contributed by atoms with van der Waals surface area (Å²) in [5.41, 5.74) is 0.948. The van der Waals surface area contributed by atoms with Gasteiger partial charge in [0.05, 0.1) is 6.54 Å². The molecule has 0 spiro atoms. The first kappa shape index (κ1) is 15.5. The van der Waals surface area contributed by atoms with E-state index in [1.165, 1.54) is 0 Å². The lowest BCUT2D eigenvalue weighted by Gasteiger charge is -2.36. The molecular weight excluding hydrogens is 266 g/mol. The predicted molar refractivity (Wildman–Crippen MR) is 81.7 cm³/mol. The molecule has 5 heteroatoms. The van der Waals surface area contributed by atoms with Crippen molar-refractivity contribution in [2.24, 2.45) is 0 Å². The summed E-state index contributed by atoms with van der Waals surface area (Å²) in [5.74, 6) is 0.0513. The van der Waals surface area contributed by atoms with Crippen LogP contribution in [-0.2, 0) is 9.59 Å². The molecule has 1 heterocycles. The van der Waals surface area contributed by atoms with Gasteiger partial charge in [0, 0.05) is 26.2 Å². The lowest BCUT2D eigenvalue weighted by atomic mass is 10.0. The van der Waals surface area contributed by atoms with Gasteiger partial charge < -0.3 is 10.2 Å². The molecule has 1 N–H and O–H groups in total. The minimum Gasteiger partial charge on any atom is -0.354 e. The smallest absolute Gasteiger partial charge is 0.244 e. The summed E-state index contributed by atoms with van der Waals surface area (Å²) in [4.78, 5) is 28.3. The molecule has 1 saturated heterocycles. The second-order valence-electron chi connectivity index (χ2n) is 5.14. The normalized spacial score (nSPS) is 17.1. The summed E-state index contributed by atoms with van der Waals surface area (Å²) >= 11 is 0. The van der Waals surface area contributed by atoms with Gasteiger partial charge in [-0.2, -0.15) is 0 Å². The zero-order valence-electron chi connectivity index (χ0n) is 12.7. The summed E-state index contributed by atoms with van der Waals surface area (Å²) in [5, 5.41) is 2.81. The zero-order valence-corrected chi connectivity index (χ0v) is 12.7. The summed E-state index contributed by atoms with van der Waals surface area (Å²) in [7, 11) is 0. The number of nitrogens with zero attached hydrogens (tertiary/aromatic N) is 2. The zero-order chi connectivity index (χ0) is 15.2. The van der Waals surface area contributed by atoms with Crippen LogP contribution in [0.5, 0.6) is 0 Å². The van der Waals surface area contributed by atoms with Crippen LogP contribution < -0.4 is 5.32 Å². The van der Waals surface area contributed by atoms with Crippen LogP contribution in [0.1, 0.15) is 25.5 Å². The molecule has 1 aliphatic heterocycles. The number of carbonyl (C=O) groups excluding carboxylic acids is 2. The standard InChI is InChI=1S/C16H23N3O2/c1-3-18(4-2)16(21)15(13-8-6-5-7-9-13)19-11-10-17-14(20)12-19/h5-9,15H,3-4,10-12H2,1-2H3,(H,17,20). The number of rotatable bonds is 5. The van der Waals surface area contributed by atoms with Crippen LogP contribution in [0, 0.1) is 0 Å². The Morgan fingerprint density at radius 1 is 1.29 bits per heavy atom. The van der Waals surface area contributed by atoms with Crippen LogP contribution in [0.25, 0.3) is 0 Å². The molecule has 0 aliphatic carbocycles. The van der Waals surface area contributed by atoms with E-state index in [2.05, 4.69) is 5.32 Å². The minimum absolute atomic E-state index is 0.0190. The largest absolute Gasteiger partial charge is 0.354 e. The van der Waals surface area contributed by atoms with Crippen LogP contribution in [-0.4, -0.2) is 54.3 Å². The van der Waals surface area contributed by atoms with Crippen molar-refractivity contribution in [2.45, 2.75) is 19.9 Å². The van der Waals surface area contributed by atoms with Gasteiger partial charge in [0.2, 0.25) is 11.8 Å². The van der Waals surface area contributed by atoms with Gasteiger partial charge in [0.15, 0.2) is 0 Å². The fraction of sp³-hybridized carbons (Fsp3) is 0.500. The third-order valence-electron chi connectivity index (χ3n) is 3.86. The van der Waals surface area contributed by atoms with E-state index < -0.39 is 0 Å². The maximum absolute atomic E-state index is 12.9. The quantitative estimate of drug-likeness (QED) is 0.881. The molecule has 1 aromatic carbocycles. The third kappa shape index (κ3) is 3.61. The number of likely N-dealkylation sites (N-methyl/N-ethyl adjacent to an activating group) is 1. The Morgan fingerprint density at radius 3 is 2.52 bits per heavy atom. The van der Waals surface area contributed by atoms with Crippen molar-refractivity contribution in [1.29, 1.82) is 0 Å². The molecule has 0 bridgehead atoms. The van der Waals surface area contributed by atoms with Crippen molar-refractivity contribution in [3.05, 3.63) is 35.9 Å². The highest BCUT2D eigenvalue weighted by molar-refractivity contribution is 5.85. The fourth-order valence-corrected chi connectivity index (χ4v) is 2.73. The van der Waals surface area contributed by atoms with Crippen molar-refractivity contribution < 1.29 is 9.59 Å². The highest BCUT2D eigenvalue weighted by atomic mass is 16.2. The van der Waals surface area contributed by atoms with Gasteiger partial charge in [-0.15, -0.1) is 0 Å². The molecule has 2 rings (SSSR count). The van der Waals surface area contributed by atoms with E-state index >= 15 is 0 Å². The Balaban J connectivity index is 2.30. The molecule has 0 saturated carbocycles. The average molecular weight is 289 g/mol. The van der Waals surface area contributed by atoms with Crippen LogP contribution in [0.2, 0.25) is 0 Å². The van der Waals surface area contributed by atoms with Gasteiger partial charge in [0.25, 0.3) is 0 Å². The van der Waals surface area contributed by atoms with E-state index in [4.69, 9.17) is 0 Å². The third-order valence-corrected chi connectivity index (χ3v) is 3.86. The number of nitrogens with one attached hydrogen (secondary N) is 1. The summed E-state index contributed by atoms with van der Waals surface area (Å²) in [6, 6.07) is 9.34. The van der Waals surface area contributed by atoms with E-state index in [1.54, 1.807) is 0 Å². The molecule has 1 fully saturated rings. The van der Waals surface area contributed by atoms with Crippen LogP contribution in [0.4, 0.5) is 0 Å². The number of hydrogen-bond donors (Lipinski definition) is 1. The second-order valence-corrected chi connectivity index (χ2v) is 5.14. The SMILES string of the molecule is CCN(CC)C(=O)C(c1ccccc1)N1CCNC(=O)C1. The predicted octanol–water partition coefficient (Wildman–Crippen LogP) is 1.03. The van der Waals surface area contributed by atoms with Gasteiger partial charge >= 0.3 is 0 Å². The van der Waals surface area contributed by atoms with Crippen LogP contribution in [0.3, 0.4) is 0 Å². The highest BCUT2D eigenvalue weighted by Gasteiger charge is 2.32. The molecule has 1 aromatic rings. The van der Waals surface area contributed by atoms with Gasteiger partial charge in [-0.05, 0) is 19.4 Å². The maximum atomic E-state index is 12.9. The molecule has 21 heavy (non-hydrogen) atoms. The van der Waals surface area contributed by atoms with Crippen molar-refractivity contribution in [1.82, 2.24) is 15.1 Å². The Labute approximate surface area is 125 Å². The Bertz CT molecular complexity index is 486. The fourth-order valence-electron chi connectivity index (χ4n) is 2.73. The molecule has 0 radical (unpaired) electrons. The molecule has 2 amide bonds. The van der Waals surface area contributed by atoms with Gasteiger partial charge in [-0.3, -0.25) is 14.5 Å². The van der Waals surface area contributed by atoms with Gasteiger partial charge in [-0.25, -0.2) is 0 Å². The summed E-state index contributed by atoms with van der Waals surface area (Å²) in [6.45, 7) is 6.87. The topological polar surface area (TPSA) is 52.7 Å².